The molecule has 146 valence electrons. The molecule has 1 aliphatic heterocycles. The van der Waals surface area contributed by atoms with Gasteiger partial charge in [0.1, 0.15) is 18.5 Å². The van der Waals surface area contributed by atoms with Crippen LogP contribution >= 0.6 is 0 Å². The van der Waals surface area contributed by atoms with Crippen molar-refractivity contribution < 1.29 is 24.5 Å². The van der Waals surface area contributed by atoms with E-state index in [4.69, 9.17) is 4.74 Å². The zero-order chi connectivity index (χ0) is 19.5. The summed E-state index contributed by atoms with van der Waals surface area (Å²) in [4.78, 5) is 13.7. The van der Waals surface area contributed by atoms with E-state index in [1.807, 2.05) is 0 Å². The van der Waals surface area contributed by atoms with Crippen LogP contribution in [0.5, 0.6) is 5.75 Å². The van der Waals surface area contributed by atoms with Crippen LogP contribution in [-0.4, -0.2) is 64.6 Å². The molecule has 26 heavy (non-hydrogen) atoms. The second-order valence-corrected chi connectivity index (χ2v) is 8.28. The third-order valence-corrected chi connectivity index (χ3v) is 5.04. The summed E-state index contributed by atoms with van der Waals surface area (Å²) in [6.45, 7) is 8.99. The summed E-state index contributed by atoms with van der Waals surface area (Å²) in [6.07, 6.45) is 0.375. The Hall–Kier alpha value is -1.63. The molecule has 0 spiro atoms. The Morgan fingerprint density at radius 2 is 1.73 bits per heavy atom. The van der Waals surface area contributed by atoms with Gasteiger partial charge in [-0.05, 0) is 64.8 Å². The van der Waals surface area contributed by atoms with Crippen LogP contribution in [0.15, 0.2) is 24.3 Å². The normalized spacial score (nSPS) is 21.2. The van der Waals surface area contributed by atoms with Crippen molar-refractivity contribution in [3.63, 3.8) is 0 Å². The summed E-state index contributed by atoms with van der Waals surface area (Å²) in [7, 11) is 1.34. The van der Waals surface area contributed by atoms with E-state index in [9.17, 15) is 15.0 Å². The number of likely N-dealkylation sites (tertiary alicyclic amines) is 1. The molecule has 0 bridgehead atoms. The van der Waals surface area contributed by atoms with Crippen molar-refractivity contribution in [1.82, 2.24) is 4.90 Å². The number of benzene rings is 1. The smallest absolute Gasteiger partial charge is 0.337 e. The Morgan fingerprint density at radius 3 is 2.23 bits per heavy atom. The third-order valence-electron chi connectivity index (χ3n) is 5.04. The second-order valence-electron chi connectivity index (χ2n) is 8.28. The maximum atomic E-state index is 11.4. The molecule has 1 fully saturated rings. The fourth-order valence-corrected chi connectivity index (χ4v) is 4.02. The van der Waals surface area contributed by atoms with Gasteiger partial charge in [-0.25, -0.2) is 4.79 Å². The van der Waals surface area contributed by atoms with E-state index in [2.05, 4.69) is 37.3 Å². The number of hydrogen-bond acceptors (Lipinski definition) is 6. The van der Waals surface area contributed by atoms with Gasteiger partial charge >= 0.3 is 5.97 Å². The Morgan fingerprint density at radius 1 is 1.19 bits per heavy atom. The Balaban J connectivity index is 1.93. The highest BCUT2D eigenvalue weighted by Gasteiger charge is 2.45. The summed E-state index contributed by atoms with van der Waals surface area (Å²) in [5, 5.41) is 20.6. The first-order chi connectivity index (χ1) is 12.0. The minimum atomic E-state index is -0.663. The van der Waals surface area contributed by atoms with Crippen LogP contribution in [0.3, 0.4) is 0 Å². The van der Waals surface area contributed by atoms with Crippen LogP contribution < -0.4 is 4.74 Å². The van der Waals surface area contributed by atoms with Gasteiger partial charge in [-0.3, -0.25) is 4.90 Å². The number of aliphatic hydroxyl groups is 2. The van der Waals surface area contributed by atoms with E-state index in [-0.39, 0.29) is 23.8 Å². The lowest BCUT2D eigenvalue weighted by Crippen LogP contribution is -2.63. The van der Waals surface area contributed by atoms with Crippen LogP contribution in [-0.2, 0) is 4.74 Å². The lowest BCUT2D eigenvalue weighted by molar-refractivity contribution is -0.1000. The summed E-state index contributed by atoms with van der Waals surface area (Å²) >= 11 is 0. The Labute approximate surface area is 155 Å². The highest BCUT2D eigenvalue weighted by molar-refractivity contribution is 5.89. The van der Waals surface area contributed by atoms with Gasteiger partial charge in [0.05, 0.1) is 18.8 Å². The van der Waals surface area contributed by atoms with Gasteiger partial charge < -0.3 is 19.7 Å². The molecular formula is C20H31NO5. The first-order valence-corrected chi connectivity index (χ1v) is 9.00. The topological polar surface area (TPSA) is 79.2 Å². The number of nitrogens with zero attached hydrogens (tertiary/aromatic N) is 1. The molecule has 0 aliphatic carbocycles. The minimum absolute atomic E-state index is 0.156. The minimum Gasteiger partial charge on any atom is -0.491 e. The lowest BCUT2D eigenvalue weighted by atomic mass is 9.78. The molecule has 1 aliphatic rings. The number of ether oxygens (including phenoxy) is 2. The largest absolute Gasteiger partial charge is 0.491 e. The summed E-state index contributed by atoms with van der Waals surface area (Å²) in [5.74, 6) is 0.192. The summed E-state index contributed by atoms with van der Waals surface area (Å²) < 4.78 is 10.3. The van der Waals surface area contributed by atoms with E-state index >= 15 is 0 Å². The van der Waals surface area contributed by atoms with Crippen LogP contribution in [0.4, 0.5) is 0 Å². The molecule has 6 heteroatoms. The highest BCUT2D eigenvalue weighted by Crippen LogP contribution is 2.38. The molecule has 2 N–H and O–H groups in total. The molecule has 0 saturated carbocycles. The predicted molar refractivity (Wildman–Crippen MR) is 99.4 cm³/mol. The average Bonchev–Trinajstić information content (AvgIpc) is 2.55. The van der Waals surface area contributed by atoms with Crippen molar-refractivity contribution in [1.29, 1.82) is 0 Å². The van der Waals surface area contributed by atoms with E-state index in [0.29, 0.717) is 30.7 Å². The zero-order valence-electron chi connectivity index (χ0n) is 16.4. The van der Waals surface area contributed by atoms with Crippen molar-refractivity contribution in [3.05, 3.63) is 29.8 Å². The van der Waals surface area contributed by atoms with Crippen molar-refractivity contribution in [2.45, 2.75) is 63.8 Å². The van der Waals surface area contributed by atoms with Crippen LogP contribution in [0.2, 0.25) is 0 Å². The molecule has 1 aromatic carbocycles. The van der Waals surface area contributed by atoms with E-state index in [0.717, 1.165) is 0 Å². The highest BCUT2D eigenvalue weighted by atomic mass is 16.5. The van der Waals surface area contributed by atoms with E-state index < -0.39 is 12.1 Å². The van der Waals surface area contributed by atoms with Crippen LogP contribution in [0.25, 0.3) is 0 Å². The standard InChI is InChI=1S/C20H31NO5/c1-19(2)10-15(22)11-20(3,4)21(19)12-16(23)13-26-17-8-6-14(7-9-17)18(24)25-5/h6-9,15-16,22-23H,10-13H2,1-5H3/t16-/m0/s1. The first kappa shape index (κ1) is 20.7. The van der Waals surface area contributed by atoms with Crippen molar-refractivity contribution in [2.24, 2.45) is 0 Å². The number of piperidine rings is 1. The molecule has 1 aromatic rings. The monoisotopic (exact) mass is 365 g/mol. The fourth-order valence-electron chi connectivity index (χ4n) is 4.02. The van der Waals surface area contributed by atoms with Crippen LogP contribution in [0, 0.1) is 0 Å². The maximum Gasteiger partial charge on any atom is 0.337 e. The molecule has 1 saturated heterocycles. The van der Waals surface area contributed by atoms with Crippen molar-refractivity contribution in [3.8, 4) is 5.75 Å². The van der Waals surface area contributed by atoms with Gasteiger partial charge in [0.25, 0.3) is 0 Å². The Kier molecular flexibility index (Phi) is 6.32. The second kappa shape index (κ2) is 7.94. The number of aliphatic hydroxyl groups excluding tert-OH is 2. The molecule has 1 heterocycles. The summed E-state index contributed by atoms with van der Waals surface area (Å²) in [5.41, 5.74) is 0.0463. The van der Waals surface area contributed by atoms with E-state index in [1.54, 1.807) is 24.3 Å². The van der Waals surface area contributed by atoms with Crippen LogP contribution in [0.1, 0.15) is 50.9 Å². The molecular weight excluding hydrogens is 334 g/mol. The van der Waals surface area contributed by atoms with E-state index in [1.165, 1.54) is 7.11 Å². The zero-order valence-corrected chi connectivity index (χ0v) is 16.4. The SMILES string of the molecule is COC(=O)c1ccc(OC[C@@H](O)CN2C(C)(C)CC(O)CC2(C)C)cc1. The van der Waals surface area contributed by atoms with Gasteiger partial charge in [0, 0.05) is 17.6 Å². The molecule has 0 unspecified atom stereocenters. The molecule has 0 radical (unpaired) electrons. The van der Waals surface area contributed by atoms with Gasteiger partial charge in [-0.15, -0.1) is 0 Å². The number of β-amino-alcohol motifs (C(OH)–C–C–N with tert-alkyl or cyclic N) is 1. The quantitative estimate of drug-likeness (QED) is 0.753. The van der Waals surface area contributed by atoms with Gasteiger partial charge in [-0.1, -0.05) is 0 Å². The fraction of sp³-hybridized carbons (Fsp3) is 0.650. The maximum absolute atomic E-state index is 11.4. The lowest BCUT2D eigenvalue weighted by Gasteiger charge is -2.54. The predicted octanol–water partition coefficient (Wildman–Crippen LogP) is 2.23. The van der Waals surface area contributed by atoms with Gasteiger partial charge in [-0.2, -0.15) is 0 Å². The molecule has 1 atom stereocenters. The van der Waals surface area contributed by atoms with Gasteiger partial charge in [0.2, 0.25) is 0 Å². The number of rotatable bonds is 6. The third kappa shape index (κ3) is 4.96. The molecule has 0 amide bonds. The van der Waals surface area contributed by atoms with Gasteiger partial charge in [0.15, 0.2) is 0 Å². The molecule has 2 rings (SSSR count). The molecule has 6 nitrogen and oxygen atoms in total. The first-order valence-electron chi connectivity index (χ1n) is 9.00. The van der Waals surface area contributed by atoms with Crippen molar-refractivity contribution in [2.75, 3.05) is 20.3 Å². The number of carbonyl (C=O) groups is 1. The average molecular weight is 365 g/mol. The number of carbonyl (C=O) groups excluding carboxylic acids is 1. The number of methoxy groups -OCH3 is 1. The number of hydrogen-bond donors (Lipinski definition) is 2. The number of esters is 1. The molecule has 0 aromatic heterocycles. The summed E-state index contributed by atoms with van der Waals surface area (Å²) in [6, 6.07) is 6.63. The Bertz CT molecular complexity index is 593. The van der Waals surface area contributed by atoms with Crippen molar-refractivity contribution >= 4 is 5.97 Å².